The van der Waals surface area contributed by atoms with Crippen LogP contribution in [-0.4, -0.2) is 23.6 Å². The summed E-state index contributed by atoms with van der Waals surface area (Å²) in [6, 6.07) is 26.3. The maximum absolute atomic E-state index is 9.49. The zero-order valence-electron chi connectivity index (χ0n) is 14.4. The summed E-state index contributed by atoms with van der Waals surface area (Å²) in [6.45, 7) is 1.00. The SMILES string of the molecule is OC(CCl)CNc1ccc(-c2ccc(OCc3ccccc3)cc2)cc1. The monoisotopic (exact) mass is 367 g/mol. The van der Waals surface area contributed by atoms with E-state index >= 15 is 0 Å². The molecule has 3 aromatic rings. The normalized spacial score (nSPS) is 11.8. The highest BCUT2D eigenvalue weighted by Gasteiger charge is 2.03. The van der Waals surface area contributed by atoms with Gasteiger partial charge in [0.15, 0.2) is 0 Å². The van der Waals surface area contributed by atoms with Gasteiger partial charge in [0.2, 0.25) is 0 Å². The van der Waals surface area contributed by atoms with Crippen molar-refractivity contribution in [3.05, 3.63) is 84.4 Å². The van der Waals surface area contributed by atoms with E-state index in [1.54, 1.807) is 0 Å². The number of rotatable bonds is 8. The molecule has 0 radical (unpaired) electrons. The fraction of sp³-hybridized carbons (Fsp3) is 0.182. The summed E-state index contributed by atoms with van der Waals surface area (Å²) in [5.74, 6) is 1.08. The van der Waals surface area contributed by atoms with Crippen molar-refractivity contribution >= 4 is 17.3 Å². The lowest BCUT2D eigenvalue weighted by Crippen LogP contribution is -2.20. The maximum atomic E-state index is 9.49. The summed E-state index contributed by atoms with van der Waals surface area (Å²) in [4.78, 5) is 0. The first kappa shape index (κ1) is 18.3. The lowest BCUT2D eigenvalue weighted by Gasteiger charge is -2.11. The number of anilines is 1. The highest BCUT2D eigenvalue weighted by Crippen LogP contribution is 2.24. The second-order valence-electron chi connectivity index (χ2n) is 6.07. The van der Waals surface area contributed by atoms with Gasteiger partial charge in [-0.1, -0.05) is 54.6 Å². The molecule has 3 rings (SSSR count). The zero-order chi connectivity index (χ0) is 18.2. The van der Waals surface area contributed by atoms with Crippen LogP contribution in [0.25, 0.3) is 11.1 Å². The van der Waals surface area contributed by atoms with Gasteiger partial charge in [0.05, 0.1) is 12.0 Å². The Balaban J connectivity index is 1.57. The Morgan fingerprint density at radius 2 is 1.46 bits per heavy atom. The minimum Gasteiger partial charge on any atom is -0.489 e. The molecule has 0 aliphatic heterocycles. The highest BCUT2D eigenvalue weighted by molar-refractivity contribution is 6.18. The van der Waals surface area contributed by atoms with E-state index in [1.165, 1.54) is 0 Å². The number of ether oxygens (including phenoxy) is 1. The van der Waals surface area contributed by atoms with Gasteiger partial charge < -0.3 is 15.2 Å². The molecular formula is C22H22ClNO2. The van der Waals surface area contributed by atoms with E-state index in [-0.39, 0.29) is 5.88 Å². The molecule has 3 aromatic carbocycles. The van der Waals surface area contributed by atoms with E-state index in [9.17, 15) is 5.11 Å². The van der Waals surface area contributed by atoms with Crippen molar-refractivity contribution in [2.75, 3.05) is 17.7 Å². The van der Waals surface area contributed by atoms with Crippen molar-refractivity contribution < 1.29 is 9.84 Å². The Labute approximate surface area is 159 Å². The Morgan fingerprint density at radius 1 is 0.846 bits per heavy atom. The fourth-order valence-corrected chi connectivity index (χ4v) is 2.66. The minimum absolute atomic E-state index is 0.226. The largest absolute Gasteiger partial charge is 0.489 e. The fourth-order valence-electron chi connectivity index (χ4n) is 2.56. The molecule has 0 bridgehead atoms. The zero-order valence-corrected chi connectivity index (χ0v) is 15.2. The van der Waals surface area contributed by atoms with Crippen LogP contribution in [0, 0.1) is 0 Å². The van der Waals surface area contributed by atoms with Crippen LogP contribution in [0.4, 0.5) is 5.69 Å². The van der Waals surface area contributed by atoms with Gasteiger partial charge in [-0.2, -0.15) is 0 Å². The molecule has 1 unspecified atom stereocenters. The van der Waals surface area contributed by atoms with Crippen molar-refractivity contribution in [2.24, 2.45) is 0 Å². The van der Waals surface area contributed by atoms with Crippen molar-refractivity contribution in [1.82, 2.24) is 0 Å². The van der Waals surface area contributed by atoms with E-state index in [0.29, 0.717) is 13.2 Å². The van der Waals surface area contributed by atoms with Gasteiger partial charge in [0, 0.05) is 12.2 Å². The van der Waals surface area contributed by atoms with Crippen LogP contribution in [-0.2, 0) is 6.61 Å². The quantitative estimate of drug-likeness (QED) is 0.554. The van der Waals surface area contributed by atoms with E-state index < -0.39 is 6.10 Å². The predicted molar refractivity (Wildman–Crippen MR) is 108 cm³/mol. The summed E-state index contributed by atoms with van der Waals surface area (Å²) in [6.07, 6.45) is -0.542. The van der Waals surface area contributed by atoms with Crippen LogP contribution in [0.15, 0.2) is 78.9 Å². The van der Waals surface area contributed by atoms with Crippen LogP contribution in [0.5, 0.6) is 5.75 Å². The predicted octanol–water partition coefficient (Wildman–Crippen LogP) is 4.94. The molecule has 0 heterocycles. The number of halogens is 1. The Morgan fingerprint density at radius 3 is 2.08 bits per heavy atom. The molecule has 0 spiro atoms. The molecule has 134 valence electrons. The van der Waals surface area contributed by atoms with Gasteiger partial charge in [-0.05, 0) is 41.0 Å². The molecular weight excluding hydrogens is 346 g/mol. The van der Waals surface area contributed by atoms with Crippen molar-refractivity contribution in [2.45, 2.75) is 12.7 Å². The van der Waals surface area contributed by atoms with Crippen molar-refractivity contribution in [3.63, 3.8) is 0 Å². The number of aliphatic hydroxyl groups excluding tert-OH is 1. The Kier molecular flexibility index (Phi) is 6.53. The van der Waals surface area contributed by atoms with Crippen LogP contribution in [0.2, 0.25) is 0 Å². The van der Waals surface area contributed by atoms with Crippen molar-refractivity contribution in [3.8, 4) is 16.9 Å². The molecule has 0 aliphatic carbocycles. The molecule has 26 heavy (non-hydrogen) atoms. The second-order valence-corrected chi connectivity index (χ2v) is 6.37. The van der Waals surface area contributed by atoms with E-state index in [1.807, 2.05) is 42.5 Å². The summed E-state index contributed by atoms with van der Waals surface area (Å²) >= 11 is 5.59. The van der Waals surface area contributed by atoms with Crippen LogP contribution < -0.4 is 10.1 Å². The standard InChI is InChI=1S/C22H22ClNO2/c23-14-21(25)15-24-20-10-6-18(7-11-20)19-8-12-22(13-9-19)26-16-17-4-2-1-3-5-17/h1-13,21,24-25H,14-16H2. The molecule has 0 aliphatic rings. The molecule has 4 heteroatoms. The van der Waals surface area contributed by atoms with Gasteiger partial charge in [-0.25, -0.2) is 0 Å². The molecule has 3 nitrogen and oxygen atoms in total. The minimum atomic E-state index is -0.542. The van der Waals surface area contributed by atoms with Gasteiger partial charge >= 0.3 is 0 Å². The van der Waals surface area contributed by atoms with Gasteiger partial charge in [0.25, 0.3) is 0 Å². The van der Waals surface area contributed by atoms with Crippen LogP contribution in [0.1, 0.15) is 5.56 Å². The van der Waals surface area contributed by atoms with Gasteiger partial charge in [-0.15, -0.1) is 11.6 Å². The molecule has 1 atom stereocenters. The molecule has 2 N–H and O–H groups in total. The van der Waals surface area contributed by atoms with Crippen LogP contribution >= 0.6 is 11.6 Å². The highest BCUT2D eigenvalue weighted by atomic mass is 35.5. The topological polar surface area (TPSA) is 41.5 Å². The van der Waals surface area contributed by atoms with Crippen LogP contribution in [0.3, 0.4) is 0 Å². The number of nitrogens with one attached hydrogen (secondary N) is 1. The Bertz CT molecular complexity index is 789. The second kappa shape index (κ2) is 9.27. The van der Waals surface area contributed by atoms with E-state index in [4.69, 9.17) is 16.3 Å². The number of hydrogen-bond donors (Lipinski definition) is 2. The third kappa shape index (κ3) is 5.25. The first-order valence-corrected chi connectivity index (χ1v) is 9.13. The number of aliphatic hydroxyl groups is 1. The van der Waals surface area contributed by atoms with Crippen molar-refractivity contribution in [1.29, 1.82) is 0 Å². The van der Waals surface area contributed by atoms with E-state index in [0.717, 1.165) is 28.1 Å². The summed E-state index contributed by atoms with van der Waals surface area (Å²) in [5, 5.41) is 12.6. The third-order valence-corrected chi connectivity index (χ3v) is 4.40. The van der Waals surface area contributed by atoms with Gasteiger partial charge in [0.1, 0.15) is 12.4 Å². The number of alkyl halides is 1. The van der Waals surface area contributed by atoms with Gasteiger partial charge in [-0.3, -0.25) is 0 Å². The molecule has 0 amide bonds. The Hall–Kier alpha value is -2.49. The lowest BCUT2D eigenvalue weighted by atomic mass is 10.1. The summed E-state index contributed by atoms with van der Waals surface area (Å²) < 4.78 is 5.82. The molecule has 0 fully saturated rings. The first-order chi connectivity index (χ1) is 12.7. The third-order valence-electron chi connectivity index (χ3n) is 4.04. The summed E-state index contributed by atoms with van der Waals surface area (Å²) in [5.41, 5.74) is 4.37. The molecule has 0 aromatic heterocycles. The average Bonchev–Trinajstić information content (AvgIpc) is 2.72. The lowest BCUT2D eigenvalue weighted by molar-refractivity contribution is 0.211. The average molecular weight is 368 g/mol. The molecule has 0 saturated heterocycles. The molecule has 0 saturated carbocycles. The van der Waals surface area contributed by atoms with E-state index in [2.05, 4.69) is 41.7 Å². The first-order valence-electron chi connectivity index (χ1n) is 8.60. The maximum Gasteiger partial charge on any atom is 0.119 e. The number of benzene rings is 3. The smallest absolute Gasteiger partial charge is 0.119 e. The number of hydrogen-bond acceptors (Lipinski definition) is 3. The summed E-state index contributed by atoms with van der Waals surface area (Å²) in [7, 11) is 0.